The Labute approximate surface area is 176 Å². The number of nitrogens with one attached hydrogen (secondary N) is 2. The summed E-state index contributed by atoms with van der Waals surface area (Å²) < 4.78 is 47.6. The predicted molar refractivity (Wildman–Crippen MR) is 109 cm³/mol. The predicted octanol–water partition coefficient (Wildman–Crippen LogP) is 4.68. The average Bonchev–Trinajstić information content (AvgIpc) is 3.21. The highest BCUT2D eigenvalue weighted by atomic mass is 19.4. The molecule has 7 nitrogen and oxygen atoms in total. The van der Waals surface area contributed by atoms with Gasteiger partial charge in [0.15, 0.2) is 0 Å². The first-order chi connectivity index (χ1) is 14.8. The summed E-state index contributed by atoms with van der Waals surface area (Å²) in [7, 11) is 1.58. The Morgan fingerprint density at radius 2 is 1.81 bits per heavy atom. The Kier molecular flexibility index (Phi) is 7.11. The molecule has 0 unspecified atom stereocenters. The summed E-state index contributed by atoms with van der Waals surface area (Å²) in [5.41, 5.74) is 1.27. The number of hydrogen-bond donors (Lipinski definition) is 2. The number of para-hydroxylation sites is 2. The molecule has 0 aliphatic heterocycles. The highest BCUT2D eigenvalue weighted by Gasteiger charge is 2.27. The van der Waals surface area contributed by atoms with Crippen LogP contribution in [0.25, 0.3) is 11.4 Å². The number of alkyl halides is 3. The van der Waals surface area contributed by atoms with Crippen LogP contribution >= 0.6 is 0 Å². The Bertz CT molecular complexity index is 1000. The zero-order valence-corrected chi connectivity index (χ0v) is 16.7. The van der Waals surface area contributed by atoms with Gasteiger partial charge < -0.3 is 19.9 Å². The maximum absolute atomic E-state index is 12.4. The van der Waals surface area contributed by atoms with Gasteiger partial charge in [0.2, 0.25) is 17.6 Å². The van der Waals surface area contributed by atoms with Crippen molar-refractivity contribution in [1.82, 2.24) is 10.1 Å². The number of carbonyl (C=O) groups excluding carboxylic acids is 1. The van der Waals surface area contributed by atoms with Crippen LogP contribution in [0.3, 0.4) is 0 Å². The van der Waals surface area contributed by atoms with E-state index in [2.05, 4.69) is 20.8 Å². The van der Waals surface area contributed by atoms with E-state index in [-0.39, 0.29) is 23.7 Å². The second-order valence-corrected chi connectivity index (χ2v) is 6.66. The largest absolute Gasteiger partial charge is 0.497 e. The maximum Gasteiger partial charge on any atom is 0.405 e. The molecule has 2 N–H and O–H groups in total. The molecule has 1 heterocycles. The van der Waals surface area contributed by atoms with Crippen molar-refractivity contribution < 1.29 is 27.2 Å². The number of benzene rings is 2. The lowest BCUT2D eigenvalue weighted by atomic mass is 10.2. The summed E-state index contributed by atoms with van der Waals surface area (Å²) in [5, 5.41) is 8.84. The standard InChI is InChI=1S/C21H21F3N4O3/c1-30-15-11-9-14(10-12-15)20-27-19(31-28-20)8-4-7-18(29)26-17-6-3-2-5-16(17)25-13-21(22,23)24/h2-3,5-6,9-12,25H,4,7-8,13H2,1H3,(H,26,29). The molecule has 0 bridgehead atoms. The summed E-state index contributed by atoms with van der Waals surface area (Å²) in [6.45, 7) is -1.19. The highest BCUT2D eigenvalue weighted by molar-refractivity contribution is 5.94. The van der Waals surface area contributed by atoms with Crippen molar-refractivity contribution in [3.05, 3.63) is 54.4 Å². The molecule has 1 aromatic heterocycles. The van der Waals surface area contributed by atoms with Crippen LogP contribution in [-0.2, 0) is 11.2 Å². The van der Waals surface area contributed by atoms with E-state index in [4.69, 9.17) is 9.26 Å². The van der Waals surface area contributed by atoms with Gasteiger partial charge in [0.25, 0.3) is 0 Å². The van der Waals surface area contributed by atoms with Gasteiger partial charge in [-0.05, 0) is 42.8 Å². The molecular weight excluding hydrogens is 413 g/mol. The molecule has 0 aliphatic rings. The van der Waals surface area contributed by atoms with Gasteiger partial charge in [-0.1, -0.05) is 17.3 Å². The van der Waals surface area contributed by atoms with Gasteiger partial charge in [-0.2, -0.15) is 18.2 Å². The summed E-state index contributed by atoms with van der Waals surface area (Å²) in [6, 6.07) is 13.4. The number of ether oxygens (including phenoxy) is 1. The number of aryl methyl sites for hydroxylation is 1. The average molecular weight is 434 g/mol. The molecule has 0 spiro atoms. The number of halogens is 3. The molecule has 3 aromatic rings. The third kappa shape index (κ3) is 6.73. The Morgan fingerprint density at radius 3 is 2.48 bits per heavy atom. The Balaban J connectivity index is 1.49. The Morgan fingerprint density at radius 1 is 1.10 bits per heavy atom. The molecular formula is C21H21F3N4O3. The van der Waals surface area contributed by atoms with Gasteiger partial charge in [-0.25, -0.2) is 0 Å². The van der Waals surface area contributed by atoms with Gasteiger partial charge >= 0.3 is 6.18 Å². The fraction of sp³-hybridized carbons (Fsp3) is 0.286. The molecule has 0 atom stereocenters. The van der Waals surface area contributed by atoms with E-state index < -0.39 is 12.7 Å². The Hall–Kier alpha value is -3.56. The maximum atomic E-state index is 12.4. The van der Waals surface area contributed by atoms with Crippen LogP contribution in [0.4, 0.5) is 24.5 Å². The second kappa shape index (κ2) is 9.96. The first kappa shape index (κ1) is 22.1. The van der Waals surface area contributed by atoms with E-state index in [1.807, 2.05) is 12.1 Å². The van der Waals surface area contributed by atoms with Gasteiger partial charge in [-0.15, -0.1) is 0 Å². The number of rotatable bonds is 9. The number of carbonyl (C=O) groups is 1. The smallest absolute Gasteiger partial charge is 0.405 e. The lowest BCUT2D eigenvalue weighted by molar-refractivity contribution is -0.116. The van der Waals surface area contributed by atoms with Crippen LogP contribution in [0.15, 0.2) is 53.1 Å². The lowest BCUT2D eigenvalue weighted by Crippen LogP contribution is -2.22. The van der Waals surface area contributed by atoms with Crippen LogP contribution < -0.4 is 15.4 Å². The van der Waals surface area contributed by atoms with Crippen LogP contribution in [0.5, 0.6) is 5.75 Å². The quantitative estimate of drug-likeness (QED) is 0.508. The number of nitrogens with zero attached hydrogens (tertiary/aromatic N) is 2. The molecule has 0 radical (unpaired) electrons. The van der Waals surface area contributed by atoms with Gasteiger partial charge in [0, 0.05) is 18.4 Å². The summed E-state index contributed by atoms with van der Waals surface area (Å²) in [4.78, 5) is 16.5. The summed E-state index contributed by atoms with van der Waals surface area (Å²) in [6.07, 6.45) is -3.38. The zero-order chi connectivity index (χ0) is 22.3. The number of anilines is 2. The molecule has 1 amide bonds. The van der Waals surface area contributed by atoms with Crippen molar-refractivity contribution in [3.8, 4) is 17.1 Å². The van der Waals surface area contributed by atoms with Crippen LogP contribution in [0, 0.1) is 0 Å². The number of hydrogen-bond acceptors (Lipinski definition) is 6. The van der Waals surface area contributed by atoms with E-state index in [9.17, 15) is 18.0 Å². The third-order valence-corrected chi connectivity index (χ3v) is 4.29. The SMILES string of the molecule is COc1ccc(-c2noc(CCCC(=O)Nc3ccccc3NCC(F)(F)F)n2)cc1. The molecule has 0 saturated heterocycles. The normalized spacial score (nSPS) is 11.2. The molecule has 0 fully saturated rings. The van der Waals surface area contributed by atoms with Crippen LogP contribution in [0.2, 0.25) is 0 Å². The van der Waals surface area contributed by atoms with Gasteiger partial charge in [0.05, 0.1) is 18.5 Å². The molecule has 31 heavy (non-hydrogen) atoms. The summed E-state index contributed by atoms with van der Waals surface area (Å²) in [5.74, 6) is 1.22. The van der Waals surface area contributed by atoms with Crippen molar-refractivity contribution in [2.45, 2.75) is 25.4 Å². The van der Waals surface area contributed by atoms with E-state index in [0.717, 1.165) is 5.56 Å². The van der Waals surface area contributed by atoms with Gasteiger partial charge in [0.1, 0.15) is 12.3 Å². The first-order valence-electron chi connectivity index (χ1n) is 9.50. The number of amides is 1. The first-order valence-corrected chi connectivity index (χ1v) is 9.50. The van der Waals surface area contributed by atoms with Crippen molar-refractivity contribution in [3.63, 3.8) is 0 Å². The topological polar surface area (TPSA) is 89.3 Å². The molecule has 10 heteroatoms. The zero-order valence-electron chi connectivity index (χ0n) is 16.7. The van der Waals surface area contributed by atoms with Crippen molar-refractivity contribution >= 4 is 17.3 Å². The lowest BCUT2D eigenvalue weighted by Gasteiger charge is -2.14. The van der Waals surface area contributed by atoms with Crippen LogP contribution in [-0.4, -0.2) is 35.9 Å². The highest BCUT2D eigenvalue weighted by Crippen LogP contribution is 2.24. The number of methoxy groups -OCH3 is 1. The fourth-order valence-electron chi connectivity index (χ4n) is 2.77. The molecule has 2 aromatic carbocycles. The molecule has 0 aliphatic carbocycles. The molecule has 164 valence electrons. The summed E-state index contributed by atoms with van der Waals surface area (Å²) >= 11 is 0. The van der Waals surface area contributed by atoms with E-state index in [1.165, 1.54) is 12.1 Å². The van der Waals surface area contributed by atoms with E-state index in [0.29, 0.717) is 30.3 Å². The minimum absolute atomic E-state index is 0.147. The van der Waals surface area contributed by atoms with Crippen molar-refractivity contribution in [2.75, 3.05) is 24.3 Å². The van der Waals surface area contributed by atoms with Crippen molar-refractivity contribution in [1.29, 1.82) is 0 Å². The fourth-order valence-corrected chi connectivity index (χ4v) is 2.77. The van der Waals surface area contributed by atoms with Crippen molar-refractivity contribution in [2.24, 2.45) is 0 Å². The van der Waals surface area contributed by atoms with Crippen LogP contribution in [0.1, 0.15) is 18.7 Å². The minimum Gasteiger partial charge on any atom is -0.497 e. The molecule has 0 saturated carbocycles. The monoisotopic (exact) mass is 434 g/mol. The second-order valence-electron chi connectivity index (χ2n) is 6.66. The van der Waals surface area contributed by atoms with E-state index in [1.54, 1.807) is 31.4 Å². The van der Waals surface area contributed by atoms with E-state index >= 15 is 0 Å². The number of aromatic nitrogens is 2. The minimum atomic E-state index is -4.36. The molecule has 3 rings (SSSR count). The van der Waals surface area contributed by atoms with Gasteiger partial charge in [-0.3, -0.25) is 4.79 Å². The third-order valence-electron chi connectivity index (χ3n) is 4.29.